The number of aromatic nitrogens is 2. The Bertz CT molecular complexity index is 1320. The average Bonchev–Trinajstić information content (AvgIpc) is 3.35. The van der Waals surface area contributed by atoms with Crippen LogP contribution in [0.1, 0.15) is 34.4 Å². The number of ether oxygens (including phenoxy) is 2. The van der Waals surface area contributed by atoms with Gasteiger partial charge in [0.05, 0.1) is 37.2 Å². The molecule has 1 aromatic heterocycles. The molecule has 0 spiro atoms. The fraction of sp³-hybridized carbons (Fsp3) is 0.385. The van der Waals surface area contributed by atoms with Gasteiger partial charge in [0.2, 0.25) is 0 Å². The Hall–Kier alpha value is -3.60. The van der Waals surface area contributed by atoms with E-state index < -0.39 is 18.3 Å². The van der Waals surface area contributed by atoms with Crippen molar-refractivity contribution in [1.29, 1.82) is 0 Å². The molecule has 1 amide bonds. The van der Waals surface area contributed by atoms with Gasteiger partial charge in [-0.15, -0.1) is 0 Å². The lowest BCUT2D eigenvalue weighted by atomic mass is 9.96. The van der Waals surface area contributed by atoms with Gasteiger partial charge in [-0.05, 0) is 29.8 Å². The number of carbonyl (C=O) groups is 1. The van der Waals surface area contributed by atoms with Crippen LogP contribution in [0.25, 0.3) is 0 Å². The van der Waals surface area contributed by atoms with Crippen molar-refractivity contribution in [1.82, 2.24) is 14.7 Å². The summed E-state index contributed by atoms with van der Waals surface area (Å²) in [6.45, 7) is 1.89. The van der Waals surface area contributed by atoms with Gasteiger partial charge in [0.15, 0.2) is 17.5 Å². The number of benzene rings is 2. The molecule has 0 bridgehead atoms. The van der Waals surface area contributed by atoms with E-state index >= 15 is 0 Å². The summed E-state index contributed by atoms with van der Waals surface area (Å²) in [6.07, 6.45) is -3.63. The normalized spacial score (nSPS) is 19.5. The zero-order chi connectivity index (χ0) is 27.0. The smallest absolute Gasteiger partial charge is 0.410 e. The van der Waals surface area contributed by atoms with Gasteiger partial charge >= 0.3 is 6.18 Å². The molecule has 0 saturated carbocycles. The number of carbonyl (C=O) groups excluding carboxylic acids is 1. The lowest BCUT2D eigenvalue weighted by Gasteiger charge is -2.37. The van der Waals surface area contributed by atoms with E-state index in [9.17, 15) is 18.0 Å². The van der Waals surface area contributed by atoms with Crippen LogP contribution in [0.15, 0.2) is 48.7 Å². The molecule has 2 atom stereocenters. The van der Waals surface area contributed by atoms with Crippen molar-refractivity contribution in [2.45, 2.75) is 24.7 Å². The van der Waals surface area contributed by atoms with Crippen molar-refractivity contribution in [3.05, 3.63) is 64.8 Å². The van der Waals surface area contributed by atoms with Gasteiger partial charge in [-0.2, -0.15) is 18.3 Å². The number of hydrogen-bond donors (Lipinski definition) is 1. The monoisotopic (exact) mass is 549 g/mol. The highest BCUT2D eigenvalue weighted by molar-refractivity contribution is 6.33. The zero-order valence-electron chi connectivity index (χ0n) is 20.8. The second-order valence-electron chi connectivity index (χ2n) is 9.19. The minimum absolute atomic E-state index is 0.0527. The first-order valence-corrected chi connectivity index (χ1v) is 12.5. The number of amides is 1. The predicted molar refractivity (Wildman–Crippen MR) is 137 cm³/mol. The third-order valence-electron chi connectivity index (χ3n) is 7.04. The molecular weight excluding hydrogens is 523 g/mol. The van der Waals surface area contributed by atoms with Crippen LogP contribution in [-0.4, -0.2) is 67.2 Å². The Labute approximate surface area is 222 Å². The maximum Gasteiger partial charge on any atom is 0.410 e. The maximum absolute atomic E-state index is 14.1. The van der Waals surface area contributed by atoms with Gasteiger partial charge in [-0.1, -0.05) is 29.8 Å². The number of halogens is 4. The van der Waals surface area contributed by atoms with Gasteiger partial charge < -0.3 is 24.6 Å². The molecule has 2 aliphatic rings. The van der Waals surface area contributed by atoms with Crippen LogP contribution < -0.4 is 19.7 Å². The van der Waals surface area contributed by atoms with Gasteiger partial charge in [0.1, 0.15) is 11.4 Å². The van der Waals surface area contributed by atoms with Crippen molar-refractivity contribution < 1.29 is 27.4 Å². The van der Waals surface area contributed by atoms with Crippen LogP contribution in [0, 0.1) is 0 Å². The van der Waals surface area contributed by atoms with Crippen molar-refractivity contribution >= 4 is 29.0 Å². The van der Waals surface area contributed by atoms with Crippen LogP contribution in [-0.2, 0) is 0 Å². The van der Waals surface area contributed by atoms with Crippen molar-refractivity contribution in [2.24, 2.45) is 0 Å². The Morgan fingerprint density at radius 3 is 2.42 bits per heavy atom. The number of methoxy groups -OCH3 is 2. The largest absolute Gasteiger partial charge is 0.493 e. The summed E-state index contributed by atoms with van der Waals surface area (Å²) in [5.41, 5.74) is 1.57. The molecule has 2 aliphatic heterocycles. The summed E-state index contributed by atoms with van der Waals surface area (Å²) in [5, 5.41) is 7.77. The number of fused-ring (bicyclic) bond motifs is 1. The quantitative estimate of drug-likeness (QED) is 0.473. The number of rotatable bonds is 5. The maximum atomic E-state index is 14.1. The molecule has 1 fully saturated rings. The molecule has 0 aliphatic carbocycles. The molecular formula is C26H27ClF3N5O3. The molecule has 3 aromatic rings. The molecule has 202 valence electrons. The molecule has 38 heavy (non-hydrogen) atoms. The fourth-order valence-electron chi connectivity index (χ4n) is 5.04. The Balaban J connectivity index is 1.40. The summed E-state index contributed by atoms with van der Waals surface area (Å²) in [6, 6.07) is 9.84. The van der Waals surface area contributed by atoms with Crippen molar-refractivity contribution in [3.8, 4) is 11.5 Å². The molecule has 1 N–H and O–H groups in total. The molecule has 5 rings (SSSR count). The highest BCUT2D eigenvalue weighted by Crippen LogP contribution is 2.45. The van der Waals surface area contributed by atoms with E-state index in [0.717, 1.165) is 10.4 Å². The zero-order valence-corrected chi connectivity index (χ0v) is 21.6. The molecule has 8 nitrogen and oxygen atoms in total. The van der Waals surface area contributed by atoms with Crippen LogP contribution >= 0.6 is 11.6 Å². The first kappa shape index (κ1) is 26.0. The van der Waals surface area contributed by atoms with Gasteiger partial charge in [0, 0.05) is 32.6 Å². The number of piperazine rings is 1. The Kier molecular flexibility index (Phi) is 7.04. The van der Waals surface area contributed by atoms with E-state index in [4.69, 9.17) is 21.1 Å². The lowest BCUT2D eigenvalue weighted by molar-refractivity contribution is -0.173. The van der Waals surface area contributed by atoms with Crippen LogP contribution in [0.3, 0.4) is 0 Å². The summed E-state index contributed by atoms with van der Waals surface area (Å²) in [7, 11) is 2.95. The molecule has 2 aromatic carbocycles. The van der Waals surface area contributed by atoms with Crippen LogP contribution in [0.5, 0.6) is 11.5 Å². The molecule has 0 unspecified atom stereocenters. The number of nitrogens with zero attached hydrogens (tertiary/aromatic N) is 4. The highest BCUT2D eigenvalue weighted by atomic mass is 35.5. The number of nitrogens with one attached hydrogen (secondary N) is 1. The van der Waals surface area contributed by atoms with E-state index in [2.05, 4.69) is 15.3 Å². The number of anilines is 2. The number of para-hydroxylation sites is 1. The predicted octanol–water partition coefficient (Wildman–Crippen LogP) is 5.18. The van der Waals surface area contributed by atoms with Gasteiger partial charge in [0.25, 0.3) is 5.91 Å². The minimum Gasteiger partial charge on any atom is -0.493 e. The number of hydrogen-bond acceptors (Lipinski definition) is 6. The van der Waals surface area contributed by atoms with Gasteiger partial charge in [-0.25, -0.2) is 4.68 Å². The average molecular weight is 550 g/mol. The number of alkyl halides is 3. The van der Waals surface area contributed by atoms with E-state index in [1.54, 1.807) is 23.1 Å². The van der Waals surface area contributed by atoms with Crippen molar-refractivity contribution in [2.75, 3.05) is 50.6 Å². The fourth-order valence-corrected chi connectivity index (χ4v) is 5.29. The molecule has 12 heteroatoms. The summed E-state index contributed by atoms with van der Waals surface area (Å²) < 4.78 is 53.9. The third kappa shape index (κ3) is 4.82. The summed E-state index contributed by atoms with van der Waals surface area (Å²) in [4.78, 5) is 17.2. The van der Waals surface area contributed by atoms with E-state index in [-0.39, 0.29) is 23.7 Å². The Morgan fingerprint density at radius 2 is 1.76 bits per heavy atom. The topological polar surface area (TPSA) is 71.9 Å². The first-order chi connectivity index (χ1) is 18.2. The molecule has 0 radical (unpaired) electrons. The van der Waals surface area contributed by atoms with E-state index in [0.29, 0.717) is 48.3 Å². The SMILES string of the molecule is COc1ccc([C@H]2C[C@@H](C(F)(F)F)n3ncc(C(=O)N4CCN(c5ccccc5Cl)CC4)c3N2)cc1OC. The van der Waals surface area contributed by atoms with Crippen LogP contribution in [0.2, 0.25) is 5.02 Å². The van der Waals surface area contributed by atoms with E-state index in [1.165, 1.54) is 20.4 Å². The standard InChI is InChI=1S/C26H27ClF3N5O3/c1-37-21-8-7-16(13-22(21)38-2)19-14-23(26(28,29)30)35-24(32-19)17(15-31-35)25(36)34-11-9-33(10-12-34)20-6-4-3-5-18(20)27/h3-8,13,15,19,23,32H,9-12,14H2,1-2H3/t19-,23+/m1/s1. The molecule has 1 saturated heterocycles. The summed E-state index contributed by atoms with van der Waals surface area (Å²) >= 11 is 6.32. The van der Waals surface area contributed by atoms with Gasteiger partial charge in [-0.3, -0.25) is 4.79 Å². The van der Waals surface area contributed by atoms with Crippen LogP contribution in [0.4, 0.5) is 24.7 Å². The lowest BCUT2D eigenvalue weighted by Crippen LogP contribution is -2.49. The molecule has 3 heterocycles. The first-order valence-electron chi connectivity index (χ1n) is 12.1. The Morgan fingerprint density at radius 1 is 1.05 bits per heavy atom. The van der Waals surface area contributed by atoms with Crippen molar-refractivity contribution in [3.63, 3.8) is 0 Å². The second kappa shape index (κ2) is 10.3. The third-order valence-corrected chi connectivity index (χ3v) is 7.36. The minimum atomic E-state index is -4.56. The highest BCUT2D eigenvalue weighted by Gasteiger charge is 2.47. The van der Waals surface area contributed by atoms with E-state index in [1.807, 2.05) is 24.3 Å². The summed E-state index contributed by atoms with van der Waals surface area (Å²) in [5.74, 6) is 0.557. The second-order valence-corrected chi connectivity index (χ2v) is 9.59.